The lowest BCUT2D eigenvalue weighted by atomic mass is 9.67. The molecule has 0 bridgehead atoms. The maximum Gasteiger partial charge on any atom is 0.0713 e. The fourth-order valence-corrected chi connectivity index (χ4v) is 6.91. The van der Waals surface area contributed by atoms with Gasteiger partial charge in [0.1, 0.15) is 0 Å². The first-order valence-corrected chi connectivity index (χ1v) is 15.2. The van der Waals surface area contributed by atoms with Gasteiger partial charge >= 0.3 is 0 Å². The number of rotatable bonds is 6. The summed E-state index contributed by atoms with van der Waals surface area (Å²) in [5, 5.41) is 3.57. The lowest BCUT2D eigenvalue weighted by molar-refractivity contribution is 0.769. The number of fused-ring (bicyclic) bond motifs is 3. The number of hydrogen-bond acceptors (Lipinski definition) is 1. The molecule has 1 nitrogen and oxygen atoms in total. The average Bonchev–Trinajstić information content (AvgIpc) is 3.40. The van der Waals surface area contributed by atoms with Crippen molar-refractivity contribution in [3.05, 3.63) is 204 Å². The fourth-order valence-electron chi connectivity index (χ4n) is 6.91. The number of benzene rings is 7. The molecule has 0 amide bonds. The molecule has 0 saturated carbocycles. The highest BCUT2D eigenvalue weighted by molar-refractivity contribution is 5.88. The smallest absolute Gasteiger partial charge is 0.0713 e. The molecular weight excluding hydrogens is 530 g/mol. The van der Waals surface area contributed by atoms with Crippen molar-refractivity contribution in [3.8, 4) is 33.4 Å². The predicted molar refractivity (Wildman–Crippen MR) is 184 cm³/mol. The third-order valence-corrected chi connectivity index (χ3v) is 8.96. The molecule has 0 aromatic heterocycles. The Hall–Kier alpha value is -5.66. The van der Waals surface area contributed by atoms with E-state index >= 15 is 0 Å². The van der Waals surface area contributed by atoms with Crippen molar-refractivity contribution >= 4 is 11.4 Å². The third-order valence-electron chi connectivity index (χ3n) is 8.96. The summed E-state index contributed by atoms with van der Waals surface area (Å²) in [4.78, 5) is 0. The van der Waals surface area contributed by atoms with Crippen LogP contribution in [0.2, 0.25) is 0 Å². The van der Waals surface area contributed by atoms with Crippen LogP contribution in [0.3, 0.4) is 0 Å². The molecular formula is C43H31N. The highest BCUT2D eigenvalue weighted by Gasteiger charge is 2.45. The quantitative estimate of drug-likeness (QED) is 0.213. The van der Waals surface area contributed by atoms with Crippen molar-refractivity contribution in [2.45, 2.75) is 5.41 Å². The van der Waals surface area contributed by atoms with Crippen molar-refractivity contribution < 1.29 is 0 Å². The van der Waals surface area contributed by atoms with Crippen molar-refractivity contribution in [2.75, 3.05) is 5.32 Å². The SMILES string of the molecule is c1ccc(-c2ccc(Nc3ccc(-c4ccc5c(c4)C(c4ccccc4)(c4ccccc4)c4ccccc4-5)cc3)cc2)cc1. The Balaban J connectivity index is 1.17. The van der Waals surface area contributed by atoms with Gasteiger partial charge in [-0.3, -0.25) is 0 Å². The van der Waals surface area contributed by atoms with Crippen LogP contribution in [0.15, 0.2) is 182 Å². The fraction of sp³-hybridized carbons (Fsp3) is 0.0233. The molecule has 0 aliphatic heterocycles. The summed E-state index contributed by atoms with van der Waals surface area (Å²) < 4.78 is 0. The van der Waals surface area contributed by atoms with Gasteiger partial charge in [0, 0.05) is 11.4 Å². The molecule has 0 fully saturated rings. The second-order valence-corrected chi connectivity index (χ2v) is 11.4. The Morgan fingerprint density at radius 3 is 1.34 bits per heavy atom. The number of anilines is 2. The van der Waals surface area contributed by atoms with Gasteiger partial charge in [0.05, 0.1) is 5.41 Å². The Kier molecular flexibility index (Phi) is 6.43. The first-order chi connectivity index (χ1) is 21.8. The molecule has 7 aromatic rings. The van der Waals surface area contributed by atoms with Crippen LogP contribution >= 0.6 is 0 Å². The number of nitrogens with one attached hydrogen (secondary N) is 1. The summed E-state index contributed by atoms with van der Waals surface area (Å²) in [6, 6.07) is 65.7. The summed E-state index contributed by atoms with van der Waals surface area (Å²) in [5.74, 6) is 0. The number of hydrogen-bond donors (Lipinski definition) is 1. The molecule has 44 heavy (non-hydrogen) atoms. The van der Waals surface area contributed by atoms with Gasteiger partial charge < -0.3 is 5.32 Å². The maximum atomic E-state index is 3.57. The zero-order chi connectivity index (χ0) is 29.3. The molecule has 1 heteroatoms. The second-order valence-electron chi connectivity index (χ2n) is 11.4. The van der Waals surface area contributed by atoms with Gasteiger partial charge in [-0.25, -0.2) is 0 Å². The van der Waals surface area contributed by atoms with E-state index in [0.717, 1.165) is 11.4 Å². The second kappa shape index (κ2) is 10.9. The summed E-state index contributed by atoms with van der Waals surface area (Å²) in [6.07, 6.45) is 0. The van der Waals surface area contributed by atoms with Gasteiger partial charge in [0.2, 0.25) is 0 Å². The average molecular weight is 562 g/mol. The Morgan fingerprint density at radius 2 is 0.750 bits per heavy atom. The van der Waals surface area contributed by atoms with Gasteiger partial charge in [-0.1, -0.05) is 152 Å². The predicted octanol–water partition coefficient (Wildman–Crippen LogP) is 11.1. The van der Waals surface area contributed by atoms with Gasteiger partial charge in [0.25, 0.3) is 0 Å². The minimum absolute atomic E-state index is 0.391. The van der Waals surface area contributed by atoms with E-state index in [0.29, 0.717) is 0 Å². The molecule has 0 atom stereocenters. The standard InChI is InChI=1S/C43H31N/c1-4-12-31(13-5-1)32-20-25-37(26-21-32)44-38-27-22-33(23-28-38)34-24-29-40-39-18-10-11-19-41(39)43(42(40)30-34,35-14-6-2-7-15-35)36-16-8-3-9-17-36/h1-30,44H. The Bertz CT molecular complexity index is 2000. The monoisotopic (exact) mass is 561 g/mol. The van der Waals surface area contributed by atoms with E-state index in [9.17, 15) is 0 Å². The van der Waals surface area contributed by atoms with E-state index < -0.39 is 5.41 Å². The van der Waals surface area contributed by atoms with Crippen LogP contribution in [-0.4, -0.2) is 0 Å². The first kappa shape index (κ1) is 26.0. The highest BCUT2D eigenvalue weighted by atomic mass is 14.9. The molecule has 0 saturated heterocycles. The summed E-state index contributed by atoms with van der Waals surface area (Å²) in [7, 11) is 0. The molecule has 208 valence electrons. The highest BCUT2D eigenvalue weighted by Crippen LogP contribution is 2.56. The topological polar surface area (TPSA) is 12.0 Å². The van der Waals surface area contributed by atoms with Crippen LogP contribution in [-0.2, 0) is 5.41 Å². The molecule has 1 N–H and O–H groups in total. The summed E-state index contributed by atoms with van der Waals surface area (Å²) in [6.45, 7) is 0. The summed E-state index contributed by atoms with van der Waals surface area (Å²) in [5.41, 5.74) is 14.4. The molecule has 0 heterocycles. The van der Waals surface area contributed by atoms with Crippen molar-refractivity contribution in [3.63, 3.8) is 0 Å². The van der Waals surface area contributed by atoms with E-state index in [4.69, 9.17) is 0 Å². The normalized spacial score (nSPS) is 12.7. The van der Waals surface area contributed by atoms with E-state index in [2.05, 4.69) is 181 Å². The van der Waals surface area contributed by atoms with Crippen LogP contribution in [0.1, 0.15) is 22.3 Å². The Labute approximate surface area is 259 Å². The molecule has 1 aliphatic carbocycles. The van der Waals surface area contributed by atoms with E-state index in [1.165, 1.54) is 55.6 Å². The molecule has 0 unspecified atom stereocenters. The molecule has 1 aliphatic rings. The zero-order valence-corrected chi connectivity index (χ0v) is 24.3. The van der Waals surface area contributed by atoms with Crippen molar-refractivity contribution in [1.82, 2.24) is 0 Å². The van der Waals surface area contributed by atoms with Gasteiger partial charge in [0.15, 0.2) is 0 Å². The van der Waals surface area contributed by atoms with Crippen LogP contribution in [0.4, 0.5) is 11.4 Å². The van der Waals surface area contributed by atoms with Gasteiger partial charge in [-0.2, -0.15) is 0 Å². The van der Waals surface area contributed by atoms with E-state index in [-0.39, 0.29) is 0 Å². The first-order valence-electron chi connectivity index (χ1n) is 15.2. The molecule has 0 radical (unpaired) electrons. The molecule has 0 spiro atoms. The van der Waals surface area contributed by atoms with E-state index in [1.54, 1.807) is 0 Å². The minimum Gasteiger partial charge on any atom is -0.356 e. The maximum absolute atomic E-state index is 3.57. The van der Waals surface area contributed by atoms with Crippen LogP contribution in [0.25, 0.3) is 33.4 Å². The molecule has 8 rings (SSSR count). The van der Waals surface area contributed by atoms with Gasteiger partial charge in [-0.15, -0.1) is 0 Å². The lowest BCUT2D eigenvalue weighted by Gasteiger charge is -2.34. The minimum atomic E-state index is -0.391. The van der Waals surface area contributed by atoms with Crippen LogP contribution in [0, 0.1) is 0 Å². The van der Waals surface area contributed by atoms with Gasteiger partial charge in [-0.05, 0) is 86.0 Å². The van der Waals surface area contributed by atoms with Crippen LogP contribution in [0.5, 0.6) is 0 Å². The largest absolute Gasteiger partial charge is 0.356 e. The van der Waals surface area contributed by atoms with Crippen molar-refractivity contribution in [1.29, 1.82) is 0 Å². The lowest BCUT2D eigenvalue weighted by Crippen LogP contribution is -2.28. The third kappa shape index (κ3) is 4.33. The van der Waals surface area contributed by atoms with Crippen LogP contribution < -0.4 is 5.32 Å². The van der Waals surface area contributed by atoms with Crippen molar-refractivity contribution in [2.24, 2.45) is 0 Å². The Morgan fingerprint density at radius 1 is 0.318 bits per heavy atom. The summed E-state index contributed by atoms with van der Waals surface area (Å²) >= 11 is 0. The molecule has 7 aromatic carbocycles. The van der Waals surface area contributed by atoms with E-state index in [1.807, 2.05) is 6.07 Å². The zero-order valence-electron chi connectivity index (χ0n) is 24.3.